The van der Waals surface area contributed by atoms with Crippen LogP contribution in [-0.4, -0.2) is 15.0 Å². The zero-order valence-corrected chi connectivity index (χ0v) is 11.3. The molecule has 5 heteroatoms. The molecule has 2 heterocycles. The molecule has 102 valence electrons. The van der Waals surface area contributed by atoms with E-state index >= 15 is 0 Å². The van der Waals surface area contributed by atoms with Crippen LogP contribution in [0, 0.1) is 18.3 Å². The maximum absolute atomic E-state index is 11.6. The highest BCUT2D eigenvalue weighted by Gasteiger charge is 2.10. The Labute approximate surface area is 120 Å². The van der Waals surface area contributed by atoms with E-state index in [4.69, 9.17) is 5.26 Å². The largest absolute Gasteiger partial charge is 0.338 e. The fraction of sp³-hybridized carbons (Fsp3) is 0.0625. The number of benzene rings is 1. The zero-order chi connectivity index (χ0) is 14.8. The Morgan fingerprint density at radius 1 is 1.19 bits per heavy atom. The molecule has 21 heavy (non-hydrogen) atoms. The summed E-state index contributed by atoms with van der Waals surface area (Å²) in [6.07, 6.45) is 1.70. The van der Waals surface area contributed by atoms with Gasteiger partial charge in [0.25, 0.3) is 5.56 Å². The van der Waals surface area contributed by atoms with Crippen molar-refractivity contribution in [3.8, 4) is 28.7 Å². The molecule has 0 fully saturated rings. The van der Waals surface area contributed by atoms with Gasteiger partial charge in [-0.25, -0.2) is 4.98 Å². The molecule has 2 N–H and O–H groups in total. The van der Waals surface area contributed by atoms with Crippen molar-refractivity contribution in [1.82, 2.24) is 15.0 Å². The number of rotatable bonds is 2. The SMILES string of the molecule is Cc1[nH]c(=O)c(C#N)cc1-c1cnc(-c2ccccc2)[nH]1. The Bertz CT molecular complexity index is 885. The van der Waals surface area contributed by atoms with Gasteiger partial charge in [-0.1, -0.05) is 30.3 Å². The fourth-order valence-corrected chi connectivity index (χ4v) is 2.19. The standard InChI is InChI=1S/C16H12N4O/c1-10-13(7-12(8-17)16(21)19-10)14-9-18-15(20-14)11-5-3-2-4-6-11/h2-7,9H,1H3,(H,18,20)(H,19,21). The lowest BCUT2D eigenvalue weighted by Crippen LogP contribution is -2.11. The summed E-state index contributed by atoms with van der Waals surface area (Å²) < 4.78 is 0. The number of nitriles is 1. The van der Waals surface area contributed by atoms with Crippen LogP contribution in [0.5, 0.6) is 0 Å². The van der Waals surface area contributed by atoms with Gasteiger partial charge in [0.2, 0.25) is 0 Å². The van der Waals surface area contributed by atoms with Crippen molar-refractivity contribution in [2.24, 2.45) is 0 Å². The monoisotopic (exact) mass is 276 g/mol. The van der Waals surface area contributed by atoms with Crippen LogP contribution in [0.2, 0.25) is 0 Å². The van der Waals surface area contributed by atoms with E-state index in [1.807, 2.05) is 36.4 Å². The molecule has 0 amide bonds. The third kappa shape index (κ3) is 2.35. The molecule has 3 aromatic rings. The van der Waals surface area contributed by atoms with Crippen molar-refractivity contribution in [3.05, 3.63) is 64.2 Å². The van der Waals surface area contributed by atoms with Crippen LogP contribution in [0.25, 0.3) is 22.6 Å². The Kier molecular flexibility index (Phi) is 3.13. The summed E-state index contributed by atoms with van der Waals surface area (Å²) in [5.41, 5.74) is 2.92. The Morgan fingerprint density at radius 3 is 2.67 bits per heavy atom. The number of H-pyrrole nitrogens is 2. The van der Waals surface area contributed by atoms with E-state index < -0.39 is 0 Å². The van der Waals surface area contributed by atoms with Gasteiger partial charge in [-0.2, -0.15) is 5.26 Å². The number of aromatic amines is 2. The number of aryl methyl sites for hydroxylation is 1. The molecule has 5 nitrogen and oxygen atoms in total. The van der Waals surface area contributed by atoms with E-state index in [1.54, 1.807) is 19.2 Å². The molecule has 0 aliphatic carbocycles. The lowest BCUT2D eigenvalue weighted by molar-refractivity contribution is 1.13. The second-order valence-corrected chi connectivity index (χ2v) is 4.67. The number of nitrogens with one attached hydrogen (secondary N) is 2. The maximum Gasteiger partial charge on any atom is 0.266 e. The van der Waals surface area contributed by atoms with E-state index in [-0.39, 0.29) is 11.1 Å². The average molecular weight is 276 g/mol. The predicted molar refractivity (Wildman–Crippen MR) is 79.5 cm³/mol. The van der Waals surface area contributed by atoms with Gasteiger partial charge in [-0.05, 0) is 13.0 Å². The average Bonchev–Trinajstić information content (AvgIpc) is 2.98. The van der Waals surface area contributed by atoms with Gasteiger partial charge in [0.1, 0.15) is 17.5 Å². The molecule has 0 aliphatic rings. The number of pyridine rings is 1. The third-order valence-electron chi connectivity index (χ3n) is 3.27. The molecule has 0 spiro atoms. The van der Waals surface area contributed by atoms with E-state index in [1.165, 1.54) is 0 Å². The summed E-state index contributed by atoms with van der Waals surface area (Å²) in [6.45, 7) is 1.79. The van der Waals surface area contributed by atoms with Crippen LogP contribution in [0.1, 0.15) is 11.3 Å². The van der Waals surface area contributed by atoms with Crippen molar-refractivity contribution in [2.75, 3.05) is 0 Å². The summed E-state index contributed by atoms with van der Waals surface area (Å²) in [6, 6.07) is 13.2. The molecule has 0 radical (unpaired) electrons. The molecule has 0 aliphatic heterocycles. The van der Waals surface area contributed by atoms with Crippen molar-refractivity contribution in [1.29, 1.82) is 5.26 Å². The lowest BCUT2D eigenvalue weighted by atomic mass is 10.1. The maximum atomic E-state index is 11.6. The summed E-state index contributed by atoms with van der Waals surface area (Å²) in [7, 11) is 0. The number of imidazole rings is 1. The van der Waals surface area contributed by atoms with E-state index in [0.717, 1.165) is 22.6 Å². The molecule has 1 aromatic carbocycles. The molecular weight excluding hydrogens is 264 g/mol. The Hall–Kier alpha value is -3.13. The number of hydrogen-bond acceptors (Lipinski definition) is 3. The topological polar surface area (TPSA) is 85.3 Å². The normalized spacial score (nSPS) is 10.3. The summed E-state index contributed by atoms with van der Waals surface area (Å²) in [4.78, 5) is 21.8. The van der Waals surface area contributed by atoms with Gasteiger partial charge in [0, 0.05) is 16.8 Å². The molecule has 0 saturated carbocycles. The summed E-state index contributed by atoms with van der Waals surface area (Å²) in [5.74, 6) is 0.745. The highest BCUT2D eigenvalue weighted by Crippen LogP contribution is 2.23. The number of aromatic nitrogens is 3. The van der Waals surface area contributed by atoms with Crippen molar-refractivity contribution in [3.63, 3.8) is 0 Å². The fourth-order valence-electron chi connectivity index (χ4n) is 2.19. The highest BCUT2D eigenvalue weighted by atomic mass is 16.1. The van der Waals surface area contributed by atoms with Crippen LogP contribution >= 0.6 is 0 Å². The Morgan fingerprint density at radius 2 is 1.95 bits per heavy atom. The van der Waals surface area contributed by atoms with Crippen molar-refractivity contribution < 1.29 is 0 Å². The molecule has 0 atom stereocenters. The second-order valence-electron chi connectivity index (χ2n) is 4.67. The van der Waals surface area contributed by atoms with Gasteiger partial charge in [-0.15, -0.1) is 0 Å². The summed E-state index contributed by atoms with van der Waals surface area (Å²) in [5, 5.41) is 8.97. The Balaban J connectivity index is 2.09. The van der Waals surface area contributed by atoms with Crippen molar-refractivity contribution in [2.45, 2.75) is 6.92 Å². The molecule has 0 bridgehead atoms. The van der Waals surface area contributed by atoms with Crippen LogP contribution < -0.4 is 5.56 Å². The molecule has 3 rings (SSSR count). The number of hydrogen-bond donors (Lipinski definition) is 2. The van der Waals surface area contributed by atoms with Gasteiger partial charge in [0.05, 0.1) is 11.9 Å². The first kappa shape index (κ1) is 12.9. The first-order valence-corrected chi connectivity index (χ1v) is 6.44. The van der Waals surface area contributed by atoms with Gasteiger partial charge >= 0.3 is 0 Å². The first-order valence-electron chi connectivity index (χ1n) is 6.44. The third-order valence-corrected chi connectivity index (χ3v) is 3.27. The molecule has 0 unspecified atom stereocenters. The van der Waals surface area contributed by atoms with Crippen molar-refractivity contribution >= 4 is 0 Å². The van der Waals surface area contributed by atoms with Gasteiger partial charge in [0.15, 0.2) is 0 Å². The molecule has 0 saturated heterocycles. The van der Waals surface area contributed by atoms with Crippen LogP contribution in [0.15, 0.2) is 47.4 Å². The zero-order valence-electron chi connectivity index (χ0n) is 11.3. The van der Waals surface area contributed by atoms with Gasteiger partial charge < -0.3 is 9.97 Å². The van der Waals surface area contributed by atoms with E-state index in [2.05, 4.69) is 15.0 Å². The summed E-state index contributed by atoms with van der Waals surface area (Å²) >= 11 is 0. The second kappa shape index (κ2) is 5.10. The van der Waals surface area contributed by atoms with Gasteiger partial charge in [-0.3, -0.25) is 4.79 Å². The van der Waals surface area contributed by atoms with E-state index in [0.29, 0.717) is 5.69 Å². The van der Waals surface area contributed by atoms with E-state index in [9.17, 15) is 4.79 Å². The van der Waals surface area contributed by atoms with Crippen LogP contribution in [0.3, 0.4) is 0 Å². The lowest BCUT2D eigenvalue weighted by Gasteiger charge is -2.03. The molecule has 2 aromatic heterocycles. The quantitative estimate of drug-likeness (QED) is 0.754. The smallest absolute Gasteiger partial charge is 0.266 e. The predicted octanol–water partition coefficient (Wildman–Crippen LogP) is 2.61. The minimum atomic E-state index is -0.374. The first-order chi connectivity index (χ1) is 10.2. The van der Waals surface area contributed by atoms with Crippen LogP contribution in [0.4, 0.5) is 0 Å². The minimum absolute atomic E-state index is 0.0893. The molecular formula is C16H12N4O. The highest BCUT2D eigenvalue weighted by molar-refractivity contribution is 5.67. The minimum Gasteiger partial charge on any atom is -0.338 e. The van der Waals surface area contributed by atoms with Crippen LogP contribution in [-0.2, 0) is 0 Å². The number of nitrogens with zero attached hydrogens (tertiary/aromatic N) is 2.